The molecule has 0 unspecified atom stereocenters. The molecule has 2 aliphatic heterocycles. The molecule has 0 bridgehead atoms. The molecule has 4 N–H and O–H groups in total. The molecule has 0 aromatic heterocycles. The second-order valence-corrected chi connectivity index (χ2v) is 13.7. The summed E-state index contributed by atoms with van der Waals surface area (Å²) in [6.07, 6.45) is 9.71. The Morgan fingerprint density at radius 3 is 1.96 bits per heavy atom. The first-order valence-corrected chi connectivity index (χ1v) is 17.2. The number of fused-ring (bicyclic) bond motifs is 13. The molecule has 3 nitrogen and oxygen atoms in total. The van der Waals surface area contributed by atoms with E-state index in [-0.39, 0.29) is 5.41 Å². The molecule has 0 radical (unpaired) electrons. The maximum absolute atomic E-state index is 6.85. The van der Waals surface area contributed by atoms with Gasteiger partial charge in [-0.25, -0.2) is 0 Å². The van der Waals surface area contributed by atoms with Crippen LogP contribution in [0.4, 0.5) is 11.4 Å². The van der Waals surface area contributed by atoms with E-state index in [1.54, 1.807) is 0 Å². The van der Waals surface area contributed by atoms with Gasteiger partial charge < -0.3 is 16.4 Å². The highest BCUT2D eigenvalue weighted by Gasteiger charge is 2.51. The quantitative estimate of drug-likeness (QED) is 0.187. The van der Waals surface area contributed by atoms with Crippen molar-refractivity contribution in [3.05, 3.63) is 165 Å². The molecule has 228 valence electrons. The van der Waals surface area contributed by atoms with Gasteiger partial charge in [0.25, 0.3) is 0 Å². The second kappa shape index (κ2) is 10.1. The van der Waals surface area contributed by atoms with Crippen molar-refractivity contribution >= 4 is 23.0 Å². The highest BCUT2D eigenvalue weighted by molar-refractivity contribution is 5.98. The van der Waals surface area contributed by atoms with Crippen LogP contribution in [0.25, 0.3) is 33.9 Å². The third kappa shape index (κ3) is 3.68. The Hall–Kier alpha value is -5.28. The van der Waals surface area contributed by atoms with E-state index in [1.807, 2.05) is 0 Å². The lowest BCUT2D eigenvalue weighted by Crippen LogP contribution is -2.26. The minimum atomic E-state index is -0.321. The Morgan fingerprint density at radius 1 is 0.617 bits per heavy atom. The third-order valence-electron chi connectivity index (χ3n) is 11.3. The summed E-state index contributed by atoms with van der Waals surface area (Å²) in [4.78, 5) is 0. The van der Waals surface area contributed by atoms with Gasteiger partial charge in [0, 0.05) is 24.4 Å². The number of rotatable bonds is 3. The van der Waals surface area contributed by atoms with E-state index in [0.29, 0.717) is 0 Å². The zero-order valence-electron chi connectivity index (χ0n) is 26.5. The summed E-state index contributed by atoms with van der Waals surface area (Å²) in [6, 6.07) is 39.1. The van der Waals surface area contributed by atoms with Crippen LogP contribution in [0.5, 0.6) is 0 Å². The first-order valence-electron chi connectivity index (χ1n) is 17.2. The molecule has 3 heteroatoms. The van der Waals surface area contributed by atoms with Crippen LogP contribution in [0, 0.1) is 0 Å². The van der Waals surface area contributed by atoms with Gasteiger partial charge in [-0.3, -0.25) is 0 Å². The summed E-state index contributed by atoms with van der Waals surface area (Å²) in [5.41, 5.74) is 29.1. The van der Waals surface area contributed by atoms with Crippen molar-refractivity contribution in [3.63, 3.8) is 0 Å². The van der Waals surface area contributed by atoms with E-state index in [9.17, 15) is 0 Å². The topological polar surface area (TPSA) is 50.1 Å². The van der Waals surface area contributed by atoms with Crippen LogP contribution in [0.1, 0.15) is 64.6 Å². The molecule has 2 heterocycles. The fraction of sp³-hybridized carbons (Fsp3) is 0.182. The van der Waals surface area contributed by atoms with Gasteiger partial charge in [-0.15, -0.1) is 0 Å². The molecular formula is C44H37N3. The van der Waals surface area contributed by atoms with Gasteiger partial charge >= 0.3 is 0 Å². The number of hydrogen-bond acceptors (Lipinski definition) is 3. The van der Waals surface area contributed by atoms with Crippen LogP contribution >= 0.6 is 0 Å². The number of nitrogens with two attached hydrogens (primary N) is 1. The average molecular weight is 608 g/mol. The van der Waals surface area contributed by atoms with E-state index < -0.39 is 0 Å². The van der Waals surface area contributed by atoms with Crippen molar-refractivity contribution in [1.29, 1.82) is 0 Å². The molecule has 0 saturated heterocycles. The Labute approximate surface area is 276 Å². The molecule has 5 aliphatic rings. The molecule has 10 rings (SSSR count). The first kappa shape index (κ1) is 26.9. The number of nitrogens with one attached hydrogen (secondary N) is 2. The Morgan fingerprint density at radius 2 is 1.26 bits per heavy atom. The number of hydrogen-bond donors (Lipinski definition) is 3. The molecule has 0 atom stereocenters. The zero-order chi connectivity index (χ0) is 31.1. The Balaban J connectivity index is 1.17. The maximum atomic E-state index is 6.85. The van der Waals surface area contributed by atoms with Crippen molar-refractivity contribution in [2.75, 3.05) is 23.7 Å². The van der Waals surface area contributed by atoms with Crippen molar-refractivity contribution < 1.29 is 0 Å². The van der Waals surface area contributed by atoms with E-state index in [1.165, 1.54) is 102 Å². The zero-order valence-corrected chi connectivity index (χ0v) is 26.5. The lowest BCUT2D eigenvalue weighted by Gasteiger charge is -2.32. The smallest absolute Gasteiger partial charge is 0.0725 e. The van der Waals surface area contributed by atoms with E-state index in [0.717, 1.165) is 38.0 Å². The van der Waals surface area contributed by atoms with E-state index in [2.05, 4.69) is 126 Å². The van der Waals surface area contributed by atoms with Crippen molar-refractivity contribution in [3.8, 4) is 22.3 Å². The van der Waals surface area contributed by atoms with Crippen molar-refractivity contribution in [1.82, 2.24) is 0 Å². The monoisotopic (exact) mass is 607 g/mol. The largest absolute Gasteiger partial charge is 0.402 e. The lowest BCUT2D eigenvalue weighted by atomic mass is 9.70. The molecule has 0 fully saturated rings. The van der Waals surface area contributed by atoms with Gasteiger partial charge in [0.2, 0.25) is 0 Å². The summed E-state index contributed by atoms with van der Waals surface area (Å²) >= 11 is 0. The molecule has 1 spiro atoms. The number of allylic oxidation sites excluding steroid dienone is 3. The first-order chi connectivity index (χ1) is 23.2. The van der Waals surface area contributed by atoms with Crippen LogP contribution < -0.4 is 16.4 Å². The SMILES string of the molecule is NC1=C(C2=C(Cc3ccc4c(c3)C3(c5ccccc5-c5ccccc53)c3ccccc3-4)CNc3c2ccc2c3NCC=C2)CCCC1. The van der Waals surface area contributed by atoms with Crippen LogP contribution in [0.2, 0.25) is 0 Å². The number of anilines is 2. The van der Waals surface area contributed by atoms with Gasteiger partial charge in [0.15, 0.2) is 0 Å². The summed E-state index contributed by atoms with van der Waals surface area (Å²) in [5, 5.41) is 7.52. The Kier molecular flexibility index (Phi) is 5.78. The molecule has 5 aromatic carbocycles. The number of benzene rings is 5. The molecule has 47 heavy (non-hydrogen) atoms. The molecule has 5 aromatic rings. The maximum Gasteiger partial charge on any atom is 0.0725 e. The van der Waals surface area contributed by atoms with E-state index in [4.69, 9.17) is 5.73 Å². The van der Waals surface area contributed by atoms with Gasteiger partial charge in [0.1, 0.15) is 0 Å². The fourth-order valence-electron chi connectivity index (χ4n) is 9.40. The van der Waals surface area contributed by atoms with Gasteiger partial charge in [-0.2, -0.15) is 0 Å². The Bertz CT molecular complexity index is 2180. The van der Waals surface area contributed by atoms with Crippen molar-refractivity contribution in [2.24, 2.45) is 5.73 Å². The summed E-state index contributed by atoms with van der Waals surface area (Å²) < 4.78 is 0. The predicted molar refractivity (Wildman–Crippen MR) is 196 cm³/mol. The van der Waals surface area contributed by atoms with Crippen LogP contribution in [0.3, 0.4) is 0 Å². The minimum Gasteiger partial charge on any atom is -0.402 e. The van der Waals surface area contributed by atoms with Gasteiger partial charge in [0.05, 0.1) is 16.8 Å². The minimum absolute atomic E-state index is 0.321. The van der Waals surface area contributed by atoms with Crippen LogP contribution in [-0.2, 0) is 11.8 Å². The molecular weight excluding hydrogens is 571 g/mol. The van der Waals surface area contributed by atoms with E-state index >= 15 is 0 Å². The second-order valence-electron chi connectivity index (χ2n) is 13.7. The third-order valence-corrected chi connectivity index (χ3v) is 11.3. The highest BCUT2D eigenvalue weighted by atomic mass is 15.0. The predicted octanol–water partition coefficient (Wildman–Crippen LogP) is 9.68. The van der Waals surface area contributed by atoms with Crippen LogP contribution in [-0.4, -0.2) is 13.1 Å². The molecule has 0 amide bonds. The highest BCUT2D eigenvalue weighted by Crippen LogP contribution is 2.62. The van der Waals surface area contributed by atoms with Gasteiger partial charge in [-0.05, 0) is 104 Å². The van der Waals surface area contributed by atoms with Crippen molar-refractivity contribution in [2.45, 2.75) is 37.5 Å². The molecule has 3 aliphatic carbocycles. The standard InChI is InChI=1S/C44H37N3/c45-40-18-8-4-14-34(40)41-29(26-47-43-35(41)22-20-28-10-9-23-46-42(28)43)24-27-19-21-33-32-13-3-7-17-38(32)44(39(33)25-27)36-15-5-1-11-30(36)31-12-2-6-16-37(31)44/h1-3,5-7,9-13,15-17,19-22,25,46-47H,4,8,14,18,23-24,26,45H2. The average Bonchev–Trinajstić information content (AvgIpc) is 3.59. The normalized spacial score (nSPS) is 17.7. The van der Waals surface area contributed by atoms with Gasteiger partial charge in [-0.1, -0.05) is 115 Å². The summed E-state index contributed by atoms with van der Waals surface area (Å²) in [6.45, 7) is 1.67. The summed E-state index contributed by atoms with van der Waals surface area (Å²) in [7, 11) is 0. The lowest BCUT2D eigenvalue weighted by molar-refractivity contribution is 0.678. The van der Waals surface area contributed by atoms with Crippen LogP contribution in [0.15, 0.2) is 126 Å². The molecule has 0 saturated carbocycles. The summed E-state index contributed by atoms with van der Waals surface area (Å²) in [5.74, 6) is 0. The fourth-order valence-corrected chi connectivity index (χ4v) is 9.40.